The van der Waals surface area contributed by atoms with E-state index in [1.807, 2.05) is 0 Å². The number of carbonyl (C=O) groups is 1. The van der Waals surface area contributed by atoms with Crippen molar-refractivity contribution in [1.82, 2.24) is 0 Å². The molecule has 2 rings (SSSR count). The highest BCUT2D eigenvalue weighted by molar-refractivity contribution is 5.87. The van der Waals surface area contributed by atoms with Crippen LogP contribution in [0.2, 0.25) is 0 Å². The monoisotopic (exact) mass is 306 g/mol. The van der Waals surface area contributed by atoms with Crippen LogP contribution in [0.4, 0.5) is 0 Å². The van der Waals surface area contributed by atoms with Gasteiger partial charge in [-0.25, -0.2) is 4.79 Å². The Morgan fingerprint density at radius 2 is 1.64 bits per heavy atom. The minimum atomic E-state index is -0.216. The average molecular weight is 306 g/mol. The summed E-state index contributed by atoms with van der Waals surface area (Å²) in [7, 11) is 0. The summed E-state index contributed by atoms with van der Waals surface area (Å²) >= 11 is 0. The van der Waals surface area contributed by atoms with Gasteiger partial charge < -0.3 is 4.74 Å². The fourth-order valence-corrected chi connectivity index (χ4v) is 4.50. The molecule has 2 aliphatic rings. The summed E-state index contributed by atoms with van der Waals surface area (Å²) in [4.78, 5) is 11.6. The van der Waals surface area contributed by atoms with Gasteiger partial charge in [0.2, 0.25) is 0 Å². The molecule has 0 atom stereocenters. The molecule has 0 radical (unpaired) electrons. The van der Waals surface area contributed by atoms with Crippen molar-refractivity contribution in [3.63, 3.8) is 0 Å². The number of carbonyl (C=O) groups excluding carboxylic acids is 1. The van der Waals surface area contributed by atoms with Crippen molar-refractivity contribution in [1.29, 1.82) is 0 Å². The summed E-state index contributed by atoms with van der Waals surface area (Å²) in [5, 5.41) is 0. The molecule has 0 aromatic carbocycles. The van der Waals surface area contributed by atoms with Crippen LogP contribution in [-0.4, -0.2) is 12.1 Å². The van der Waals surface area contributed by atoms with Crippen LogP contribution in [0.5, 0.6) is 0 Å². The molecule has 2 fully saturated rings. The molecule has 2 heteroatoms. The first-order valence-electron chi connectivity index (χ1n) is 9.18. The molecule has 0 N–H and O–H groups in total. The third-order valence-electron chi connectivity index (χ3n) is 6.40. The number of rotatable bonds is 4. The predicted molar refractivity (Wildman–Crippen MR) is 91.6 cm³/mol. The Hall–Kier alpha value is -0.790. The molecular formula is C20H34O2. The largest absolute Gasteiger partial charge is 0.459 e. The lowest BCUT2D eigenvalue weighted by Crippen LogP contribution is -2.37. The van der Waals surface area contributed by atoms with Gasteiger partial charge in [-0.2, -0.15) is 0 Å². The van der Waals surface area contributed by atoms with E-state index in [0.717, 1.165) is 30.6 Å². The number of hydrogen-bond donors (Lipinski definition) is 0. The number of esters is 1. The molecule has 0 aromatic rings. The van der Waals surface area contributed by atoms with E-state index < -0.39 is 0 Å². The molecule has 0 saturated heterocycles. The molecule has 2 saturated carbocycles. The SMILES string of the molecule is C=C(C)C(=O)OC1CCC(C2(C)CCC(C(C)C)CC2)CC1. The van der Waals surface area contributed by atoms with Gasteiger partial charge in [0, 0.05) is 5.57 Å². The predicted octanol–water partition coefficient (Wildman–Crippen LogP) is 5.52. The van der Waals surface area contributed by atoms with Crippen LogP contribution in [0, 0.1) is 23.2 Å². The lowest BCUT2D eigenvalue weighted by Gasteiger charge is -2.46. The van der Waals surface area contributed by atoms with E-state index in [-0.39, 0.29) is 12.1 Å². The zero-order chi connectivity index (χ0) is 16.3. The number of ether oxygens (including phenoxy) is 1. The molecule has 0 spiro atoms. The summed E-state index contributed by atoms with van der Waals surface area (Å²) in [6.45, 7) is 12.6. The van der Waals surface area contributed by atoms with E-state index in [0.29, 0.717) is 11.0 Å². The van der Waals surface area contributed by atoms with E-state index in [2.05, 4.69) is 27.4 Å². The van der Waals surface area contributed by atoms with E-state index in [4.69, 9.17) is 4.74 Å². The van der Waals surface area contributed by atoms with Crippen LogP contribution in [0.1, 0.15) is 79.1 Å². The fourth-order valence-electron chi connectivity index (χ4n) is 4.50. The van der Waals surface area contributed by atoms with Crippen LogP contribution in [0.25, 0.3) is 0 Å². The molecule has 0 amide bonds. The van der Waals surface area contributed by atoms with Gasteiger partial charge in [0.05, 0.1) is 0 Å². The van der Waals surface area contributed by atoms with Gasteiger partial charge in [0.1, 0.15) is 6.10 Å². The lowest BCUT2D eigenvalue weighted by atomic mass is 9.60. The maximum absolute atomic E-state index is 11.6. The van der Waals surface area contributed by atoms with Crippen LogP contribution >= 0.6 is 0 Å². The lowest BCUT2D eigenvalue weighted by molar-refractivity contribution is -0.146. The molecule has 0 heterocycles. The van der Waals surface area contributed by atoms with Gasteiger partial charge in [0.25, 0.3) is 0 Å². The summed E-state index contributed by atoms with van der Waals surface area (Å²) in [5.41, 5.74) is 1.04. The highest BCUT2D eigenvalue weighted by Gasteiger charge is 2.40. The Balaban J connectivity index is 1.81. The van der Waals surface area contributed by atoms with Crippen LogP contribution in [0.15, 0.2) is 12.2 Å². The van der Waals surface area contributed by atoms with E-state index in [1.54, 1.807) is 6.92 Å². The molecule has 2 nitrogen and oxygen atoms in total. The highest BCUT2D eigenvalue weighted by Crippen LogP contribution is 2.50. The van der Waals surface area contributed by atoms with Gasteiger partial charge >= 0.3 is 5.97 Å². The van der Waals surface area contributed by atoms with Crippen LogP contribution in [0.3, 0.4) is 0 Å². The first-order valence-corrected chi connectivity index (χ1v) is 9.18. The zero-order valence-corrected chi connectivity index (χ0v) is 15.0. The van der Waals surface area contributed by atoms with E-state index in [9.17, 15) is 4.79 Å². The molecule has 0 unspecified atom stereocenters. The Bertz CT molecular complexity index is 394. The normalized spacial score (nSPS) is 36.1. The Kier molecular flexibility index (Phi) is 5.74. The summed E-state index contributed by atoms with van der Waals surface area (Å²) < 4.78 is 5.53. The molecule has 0 aromatic heterocycles. The number of hydrogen-bond acceptors (Lipinski definition) is 2. The second kappa shape index (κ2) is 7.19. The fraction of sp³-hybridized carbons (Fsp3) is 0.850. The van der Waals surface area contributed by atoms with Gasteiger partial charge in [-0.15, -0.1) is 0 Å². The summed E-state index contributed by atoms with van der Waals surface area (Å²) in [6.07, 6.45) is 10.2. The van der Waals surface area contributed by atoms with Crippen molar-refractivity contribution < 1.29 is 9.53 Å². The third kappa shape index (κ3) is 4.14. The third-order valence-corrected chi connectivity index (χ3v) is 6.40. The van der Waals surface area contributed by atoms with E-state index >= 15 is 0 Å². The molecular weight excluding hydrogens is 272 g/mol. The van der Waals surface area contributed by atoms with Crippen molar-refractivity contribution in [2.75, 3.05) is 0 Å². The van der Waals surface area contributed by atoms with Gasteiger partial charge in [-0.1, -0.05) is 27.4 Å². The second-order valence-electron chi connectivity index (χ2n) is 8.39. The summed E-state index contributed by atoms with van der Waals surface area (Å²) in [6, 6.07) is 0. The standard InChI is InChI=1S/C20H34O2/c1-14(2)16-10-12-20(5,13-11-16)17-6-8-18(9-7-17)22-19(21)15(3)4/h14,16-18H,3,6-13H2,1-2,4-5H3. The van der Waals surface area contributed by atoms with Crippen LogP contribution < -0.4 is 0 Å². The Morgan fingerprint density at radius 1 is 1.09 bits per heavy atom. The average Bonchev–Trinajstić information content (AvgIpc) is 2.48. The molecule has 0 aliphatic heterocycles. The maximum Gasteiger partial charge on any atom is 0.333 e. The molecule has 22 heavy (non-hydrogen) atoms. The van der Waals surface area contributed by atoms with Crippen molar-refractivity contribution in [3.8, 4) is 0 Å². The quantitative estimate of drug-likeness (QED) is 0.505. The van der Waals surface area contributed by atoms with Gasteiger partial charge in [-0.05, 0) is 81.5 Å². The first-order chi connectivity index (χ1) is 10.3. The zero-order valence-electron chi connectivity index (χ0n) is 15.0. The van der Waals surface area contributed by atoms with Crippen molar-refractivity contribution in [2.24, 2.45) is 23.2 Å². The minimum Gasteiger partial charge on any atom is -0.459 e. The molecule has 2 aliphatic carbocycles. The Labute approximate surface area is 136 Å². The highest BCUT2D eigenvalue weighted by atomic mass is 16.5. The van der Waals surface area contributed by atoms with Crippen molar-refractivity contribution >= 4 is 5.97 Å². The molecule has 0 bridgehead atoms. The van der Waals surface area contributed by atoms with Crippen LogP contribution in [-0.2, 0) is 9.53 Å². The molecule has 126 valence electrons. The smallest absolute Gasteiger partial charge is 0.333 e. The maximum atomic E-state index is 11.6. The van der Waals surface area contributed by atoms with Crippen molar-refractivity contribution in [2.45, 2.75) is 85.2 Å². The topological polar surface area (TPSA) is 26.3 Å². The first kappa shape index (κ1) is 17.6. The van der Waals surface area contributed by atoms with Gasteiger partial charge in [-0.3, -0.25) is 0 Å². The minimum absolute atomic E-state index is 0.121. The van der Waals surface area contributed by atoms with Crippen molar-refractivity contribution in [3.05, 3.63) is 12.2 Å². The summed E-state index contributed by atoms with van der Waals surface area (Å²) in [5.74, 6) is 2.37. The second-order valence-corrected chi connectivity index (χ2v) is 8.39. The Morgan fingerprint density at radius 3 is 2.09 bits per heavy atom. The van der Waals surface area contributed by atoms with Gasteiger partial charge in [0.15, 0.2) is 0 Å². The van der Waals surface area contributed by atoms with E-state index in [1.165, 1.54) is 38.5 Å².